The molecular weight excluding hydrogens is 210 g/mol. The minimum Gasteiger partial charge on any atom is -0.478 e. The molecule has 6 nitrogen and oxygen atoms in total. The summed E-state index contributed by atoms with van der Waals surface area (Å²) in [6, 6.07) is 2.76. The fourth-order valence-corrected chi connectivity index (χ4v) is 1.63. The summed E-state index contributed by atoms with van der Waals surface area (Å²) in [7, 11) is 0. The largest absolute Gasteiger partial charge is 0.478 e. The molecule has 1 atom stereocenters. The molecule has 1 aromatic heterocycles. The number of carbonyl (C=O) groups is 2. The lowest BCUT2D eigenvalue weighted by Gasteiger charge is -2.14. The normalized spacial score (nSPS) is 20.2. The third-order valence-corrected chi connectivity index (χ3v) is 2.43. The summed E-state index contributed by atoms with van der Waals surface area (Å²) in [5.41, 5.74) is 5.74. The quantitative estimate of drug-likeness (QED) is 0.723. The number of carboxylic acids is 1. The van der Waals surface area contributed by atoms with E-state index in [-0.39, 0.29) is 17.5 Å². The molecule has 1 saturated heterocycles. The van der Waals surface area contributed by atoms with Crippen LogP contribution < -0.4 is 10.6 Å². The maximum atomic E-state index is 11.5. The van der Waals surface area contributed by atoms with Crippen molar-refractivity contribution in [3.05, 3.63) is 23.9 Å². The zero-order valence-electron chi connectivity index (χ0n) is 8.46. The molecule has 1 fully saturated rings. The van der Waals surface area contributed by atoms with Gasteiger partial charge in [-0.25, -0.2) is 9.78 Å². The molecule has 1 aromatic rings. The molecule has 6 heteroatoms. The van der Waals surface area contributed by atoms with Crippen molar-refractivity contribution in [2.75, 3.05) is 11.4 Å². The second kappa shape index (κ2) is 3.90. The van der Waals surface area contributed by atoms with E-state index in [1.54, 1.807) is 0 Å². The number of hydrogen-bond donors (Lipinski definition) is 2. The fraction of sp³-hybridized carbons (Fsp3) is 0.300. The first-order valence-corrected chi connectivity index (χ1v) is 4.83. The molecule has 2 heterocycles. The highest BCUT2D eigenvalue weighted by Crippen LogP contribution is 2.18. The fourth-order valence-electron chi connectivity index (χ4n) is 1.63. The highest BCUT2D eigenvalue weighted by molar-refractivity contribution is 5.95. The summed E-state index contributed by atoms with van der Waals surface area (Å²) in [4.78, 5) is 27.5. The predicted molar refractivity (Wildman–Crippen MR) is 56.1 cm³/mol. The molecule has 0 aromatic carbocycles. The Labute approximate surface area is 91.7 Å². The minimum atomic E-state index is -1.04. The highest BCUT2D eigenvalue weighted by atomic mass is 16.4. The lowest BCUT2D eigenvalue weighted by molar-refractivity contribution is -0.117. The molecule has 0 radical (unpaired) electrons. The van der Waals surface area contributed by atoms with Crippen molar-refractivity contribution in [1.82, 2.24) is 4.98 Å². The molecule has 3 N–H and O–H groups in total. The SMILES string of the molecule is NC1CC(=O)N(c2ccc(C(=O)O)cn2)C1. The molecule has 0 saturated carbocycles. The molecule has 1 amide bonds. The number of pyridine rings is 1. The lowest BCUT2D eigenvalue weighted by Crippen LogP contribution is -2.28. The third-order valence-electron chi connectivity index (χ3n) is 2.43. The number of amides is 1. The molecule has 0 bridgehead atoms. The van der Waals surface area contributed by atoms with Crippen LogP contribution in [-0.4, -0.2) is 34.6 Å². The van der Waals surface area contributed by atoms with Crippen LogP contribution in [0.3, 0.4) is 0 Å². The van der Waals surface area contributed by atoms with Gasteiger partial charge in [0.15, 0.2) is 0 Å². The van der Waals surface area contributed by atoms with Crippen molar-refractivity contribution < 1.29 is 14.7 Å². The van der Waals surface area contributed by atoms with Gasteiger partial charge in [0, 0.05) is 25.2 Å². The smallest absolute Gasteiger partial charge is 0.337 e. The average molecular weight is 221 g/mol. The number of nitrogens with two attached hydrogens (primary N) is 1. The number of hydrogen-bond acceptors (Lipinski definition) is 4. The number of carbonyl (C=O) groups excluding carboxylic acids is 1. The van der Waals surface area contributed by atoms with Gasteiger partial charge in [0.05, 0.1) is 5.56 Å². The second-order valence-corrected chi connectivity index (χ2v) is 3.68. The maximum absolute atomic E-state index is 11.5. The summed E-state index contributed by atoms with van der Waals surface area (Å²) in [5, 5.41) is 8.69. The van der Waals surface area contributed by atoms with Crippen LogP contribution in [0.25, 0.3) is 0 Å². The highest BCUT2D eigenvalue weighted by Gasteiger charge is 2.28. The van der Waals surface area contributed by atoms with E-state index in [1.165, 1.54) is 23.2 Å². The number of carboxylic acid groups (broad SMARTS) is 1. The monoisotopic (exact) mass is 221 g/mol. The van der Waals surface area contributed by atoms with Crippen molar-refractivity contribution >= 4 is 17.7 Å². The van der Waals surface area contributed by atoms with Gasteiger partial charge in [-0.3, -0.25) is 9.69 Å². The molecule has 1 unspecified atom stereocenters. The van der Waals surface area contributed by atoms with Crippen LogP contribution in [0, 0.1) is 0 Å². The first-order chi connectivity index (χ1) is 7.58. The van der Waals surface area contributed by atoms with Gasteiger partial charge in [0.1, 0.15) is 5.82 Å². The second-order valence-electron chi connectivity index (χ2n) is 3.68. The Morgan fingerprint density at radius 3 is 2.75 bits per heavy atom. The summed E-state index contributed by atoms with van der Waals surface area (Å²) >= 11 is 0. The van der Waals surface area contributed by atoms with E-state index in [9.17, 15) is 9.59 Å². The van der Waals surface area contributed by atoms with E-state index in [0.717, 1.165) is 0 Å². The molecule has 0 aliphatic carbocycles. The van der Waals surface area contributed by atoms with Crippen LogP contribution >= 0.6 is 0 Å². The van der Waals surface area contributed by atoms with Gasteiger partial charge in [-0.1, -0.05) is 0 Å². The first-order valence-electron chi connectivity index (χ1n) is 4.83. The van der Waals surface area contributed by atoms with Crippen molar-refractivity contribution in [3.8, 4) is 0 Å². The van der Waals surface area contributed by atoms with Crippen molar-refractivity contribution in [2.24, 2.45) is 5.73 Å². The van der Waals surface area contributed by atoms with Crippen molar-refractivity contribution in [2.45, 2.75) is 12.5 Å². The van der Waals surface area contributed by atoms with Crippen molar-refractivity contribution in [1.29, 1.82) is 0 Å². The van der Waals surface area contributed by atoms with Gasteiger partial charge in [0.25, 0.3) is 0 Å². The Morgan fingerprint density at radius 2 is 2.31 bits per heavy atom. The van der Waals surface area contributed by atoms with Crippen molar-refractivity contribution in [3.63, 3.8) is 0 Å². The number of rotatable bonds is 2. The van der Waals surface area contributed by atoms with Crippen LogP contribution in [-0.2, 0) is 4.79 Å². The van der Waals surface area contributed by atoms with Gasteiger partial charge >= 0.3 is 5.97 Å². The Balaban J connectivity index is 2.22. The molecule has 84 valence electrons. The Bertz CT molecular complexity index is 429. The van der Waals surface area contributed by atoms with Gasteiger partial charge in [-0.15, -0.1) is 0 Å². The zero-order chi connectivity index (χ0) is 11.7. The summed E-state index contributed by atoms with van der Waals surface area (Å²) in [6.07, 6.45) is 1.54. The van der Waals surface area contributed by atoms with E-state index in [1.807, 2.05) is 0 Å². The van der Waals surface area contributed by atoms with Gasteiger partial charge < -0.3 is 10.8 Å². The minimum absolute atomic E-state index is 0.0805. The molecule has 1 aliphatic heterocycles. The Kier molecular flexibility index (Phi) is 2.57. The number of aromatic carboxylic acids is 1. The lowest BCUT2D eigenvalue weighted by atomic mass is 10.3. The first kappa shape index (κ1) is 10.6. The van der Waals surface area contributed by atoms with E-state index < -0.39 is 5.97 Å². The number of nitrogens with zero attached hydrogens (tertiary/aromatic N) is 2. The summed E-state index contributed by atoms with van der Waals surface area (Å²) in [6.45, 7) is 0.429. The van der Waals surface area contributed by atoms with E-state index >= 15 is 0 Å². The summed E-state index contributed by atoms with van der Waals surface area (Å²) < 4.78 is 0. The molecule has 2 rings (SSSR count). The van der Waals surface area contributed by atoms with E-state index in [0.29, 0.717) is 18.8 Å². The van der Waals surface area contributed by atoms with Crippen LogP contribution in [0.1, 0.15) is 16.8 Å². The van der Waals surface area contributed by atoms with Crippen LogP contribution in [0.15, 0.2) is 18.3 Å². The third kappa shape index (κ3) is 1.87. The molecule has 0 spiro atoms. The molecule has 1 aliphatic rings. The maximum Gasteiger partial charge on any atom is 0.337 e. The Hall–Kier alpha value is -1.95. The molecular formula is C10H11N3O3. The standard InChI is InChI=1S/C10H11N3O3/c11-7-3-9(14)13(5-7)8-2-1-6(4-12-8)10(15)16/h1-2,4,7H,3,5,11H2,(H,15,16). The van der Waals surface area contributed by atoms with Crippen LogP contribution in [0.4, 0.5) is 5.82 Å². The average Bonchev–Trinajstić information content (AvgIpc) is 2.58. The number of anilines is 1. The van der Waals surface area contributed by atoms with Gasteiger partial charge in [-0.2, -0.15) is 0 Å². The van der Waals surface area contributed by atoms with Crippen LogP contribution in [0.5, 0.6) is 0 Å². The van der Waals surface area contributed by atoms with Gasteiger partial charge in [0.2, 0.25) is 5.91 Å². The van der Waals surface area contributed by atoms with E-state index in [2.05, 4.69) is 4.98 Å². The summed E-state index contributed by atoms with van der Waals surface area (Å²) in [5.74, 6) is -0.672. The topological polar surface area (TPSA) is 96.5 Å². The van der Waals surface area contributed by atoms with Crippen LogP contribution in [0.2, 0.25) is 0 Å². The van der Waals surface area contributed by atoms with E-state index in [4.69, 9.17) is 10.8 Å². The Morgan fingerprint density at radius 1 is 1.56 bits per heavy atom. The van der Waals surface area contributed by atoms with Gasteiger partial charge in [-0.05, 0) is 12.1 Å². The predicted octanol–water partition coefficient (Wildman–Crippen LogP) is -0.156. The number of aromatic nitrogens is 1. The zero-order valence-corrected chi connectivity index (χ0v) is 8.46. The molecule has 16 heavy (non-hydrogen) atoms.